The molecule has 0 aromatic carbocycles. The number of carbonyl (C=O) groups excluding carboxylic acids is 2. The van der Waals surface area contributed by atoms with Gasteiger partial charge in [-0.3, -0.25) is 9.59 Å². The van der Waals surface area contributed by atoms with Gasteiger partial charge >= 0.3 is 0 Å². The van der Waals surface area contributed by atoms with Gasteiger partial charge in [-0.15, -0.1) is 0 Å². The number of hydrogen-bond donors (Lipinski definition) is 1. The Hall–Kier alpha value is -1.85. The molecule has 6 nitrogen and oxygen atoms in total. The van der Waals surface area contributed by atoms with Gasteiger partial charge in [-0.05, 0) is 25.7 Å². The van der Waals surface area contributed by atoms with Crippen LogP contribution in [0.25, 0.3) is 0 Å². The maximum Gasteiger partial charge on any atom is 0.245 e. The highest BCUT2D eigenvalue weighted by atomic mass is 16.5. The summed E-state index contributed by atoms with van der Waals surface area (Å²) in [5, 5.41) is 6.30. The van der Waals surface area contributed by atoms with Crippen molar-refractivity contribution in [1.29, 1.82) is 0 Å². The molecule has 114 valence electrons. The van der Waals surface area contributed by atoms with Gasteiger partial charge in [-0.2, -0.15) is 0 Å². The number of aromatic nitrogens is 1. The van der Waals surface area contributed by atoms with Crippen LogP contribution in [0.5, 0.6) is 0 Å². The molecule has 1 heterocycles. The zero-order chi connectivity index (χ0) is 14.7. The molecule has 0 aliphatic heterocycles. The van der Waals surface area contributed by atoms with Gasteiger partial charge in [0.25, 0.3) is 0 Å². The van der Waals surface area contributed by atoms with Gasteiger partial charge in [0.1, 0.15) is 12.8 Å². The molecule has 0 spiro atoms. The van der Waals surface area contributed by atoms with Gasteiger partial charge in [0.05, 0.1) is 0 Å². The zero-order valence-corrected chi connectivity index (χ0v) is 12.1. The Bertz CT molecular complexity index is 490. The van der Waals surface area contributed by atoms with Crippen molar-refractivity contribution in [2.75, 3.05) is 11.9 Å². The van der Waals surface area contributed by atoms with Crippen LogP contribution < -0.4 is 5.32 Å². The van der Waals surface area contributed by atoms with Crippen molar-refractivity contribution >= 4 is 17.6 Å². The maximum absolute atomic E-state index is 12.6. The van der Waals surface area contributed by atoms with Gasteiger partial charge in [0, 0.05) is 18.0 Å². The van der Waals surface area contributed by atoms with Crippen LogP contribution in [-0.4, -0.2) is 34.5 Å². The summed E-state index contributed by atoms with van der Waals surface area (Å²) >= 11 is 0. The summed E-state index contributed by atoms with van der Waals surface area (Å²) in [5.74, 6) is 0.451. The fourth-order valence-electron chi connectivity index (χ4n) is 2.97. The molecule has 2 saturated carbocycles. The molecule has 2 amide bonds. The monoisotopic (exact) mass is 291 g/mol. The molecule has 0 atom stereocenters. The zero-order valence-electron chi connectivity index (χ0n) is 12.1. The van der Waals surface area contributed by atoms with E-state index in [1.165, 1.54) is 12.7 Å². The van der Waals surface area contributed by atoms with E-state index in [-0.39, 0.29) is 30.3 Å². The number of anilines is 1. The SMILES string of the molecule is O=C(CN(C(=O)C1CCCCC1)C1CC1)Nc1ccon1. The van der Waals surface area contributed by atoms with Gasteiger partial charge in [0.15, 0.2) is 5.82 Å². The van der Waals surface area contributed by atoms with Crippen molar-refractivity contribution in [2.24, 2.45) is 5.92 Å². The van der Waals surface area contributed by atoms with E-state index >= 15 is 0 Å². The quantitative estimate of drug-likeness (QED) is 0.902. The Morgan fingerprint density at radius 3 is 2.62 bits per heavy atom. The summed E-state index contributed by atoms with van der Waals surface area (Å²) in [4.78, 5) is 26.5. The fraction of sp³-hybridized carbons (Fsp3) is 0.667. The first-order chi connectivity index (χ1) is 10.2. The second kappa shape index (κ2) is 6.28. The number of hydrogen-bond acceptors (Lipinski definition) is 4. The first-order valence-corrected chi connectivity index (χ1v) is 7.75. The van der Waals surface area contributed by atoms with E-state index in [0.29, 0.717) is 5.82 Å². The van der Waals surface area contributed by atoms with E-state index < -0.39 is 0 Å². The molecule has 1 aromatic rings. The summed E-state index contributed by atoms with van der Waals surface area (Å²) in [6, 6.07) is 1.84. The summed E-state index contributed by atoms with van der Waals surface area (Å²) in [5.41, 5.74) is 0. The summed E-state index contributed by atoms with van der Waals surface area (Å²) < 4.78 is 4.68. The number of nitrogens with zero attached hydrogens (tertiary/aromatic N) is 2. The smallest absolute Gasteiger partial charge is 0.245 e. The molecule has 1 aromatic heterocycles. The Morgan fingerprint density at radius 1 is 1.24 bits per heavy atom. The van der Waals surface area contributed by atoms with E-state index in [2.05, 4.69) is 15.0 Å². The number of rotatable bonds is 5. The molecule has 2 aliphatic carbocycles. The highest BCUT2D eigenvalue weighted by Crippen LogP contribution is 2.32. The first-order valence-electron chi connectivity index (χ1n) is 7.75. The first kappa shape index (κ1) is 14.1. The molecule has 3 rings (SSSR count). The Labute approximate surface area is 123 Å². The Kier molecular flexibility index (Phi) is 4.22. The average molecular weight is 291 g/mol. The lowest BCUT2D eigenvalue weighted by atomic mass is 9.88. The molecule has 2 fully saturated rings. The number of nitrogens with one attached hydrogen (secondary N) is 1. The van der Waals surface area contributed by atoms with Crippen LogP contribution in [-0.2, 0) is 9.59 Å². The molecule has 0 saturated heterocycles. The average Bonchev–Trinajstić information content (AvgIpc) is 3.23. The van der Waals surface area contributed by atoms with Crippen LogP contribution in [0.2, 0.25) is 0 Å². The van der Waals surface area contributed by atoms with E-state index in [9.17, 15) is 9.59 Å². The van der Waals surface area contributed by atoms with Crippen molar-refractivity contribution in [1.82, 2.24) is 10.1 Å². The van der Waals surface area contributed by atoms with E-state index in [4.69, 9.17) is 0 Å². The van der Waals surface area contributed by atoms with Crippen LogP contribution in [0.15, 0.2) is 16.9 Å². The van der Waals surface area contributed by atoms with Crippen LogP contribution in [0.1, 0.15) is 44.9 Å². The van der Waals surface area contributed by atoms with E-state index in [0.717, 1.165) is 38.5 Å². The second-order valence-corrected chi connectivity index (χ2v) is 5.97. The van der Waals surface area contributed by atoms with Crippen LogP contribution in [0.4, 0.5) is 5.82 Å². The van der Waals surface area contributed by atoms with Crippen molar-refractivity contribution in [2.45, 2.75) is 51.0 Å². The highest BCUT2D eigenvalue weighted by Gasteiger charge is 2.37. The van der Waals surface area contributed by atoms with Crippen molar-refractivity contribution < 1.29 is 14.1 Å². The molecular weight excluding hydrogens is 270 g/mol. The van der Waals surface area contributed by atoms with Crippen LogP contribution in [0, 0.1) is 5.92 Å². The second-order valence-electron chi connectivity index (χ2n) is 5.97. The van der Waals surface area contributed by atoms with Crippen molar-refractivity contribution in [3.8, 4) is 0 Å². The normalized spacial score (nSPS) is 19.2. The molecule has 0 bridgehead atoms. The highest BCUT2D eigenvalue weighted by molar-refractivity contribution is 5.94. The van der Waals surface area contributed by atoms with E-state index in [1.807, 2.05) is 0 Å². The summed E-state index contributed by atoms with van der Waals surface area (Å²) in [6.45, 7) is 0.118. The van der Waals surface area contributed by atoms with Gasteiger partial charge < -0.3 is 14.7 Å². The van der Waals surface area contributed by atoms with Gasteiger partial charge in [0.2, 0.25) is 11.8 Å². The van der Waals surface area contributed by atoms with Crippen LogP contribution in [0.3, 0.4) is 0 Å². The third kappa shape index (κ3) is 3.62. The minimum Gasteiger partial charge on any atom is -0.363 e. The van der Waals surface area contributed by atoms with Crippen LogP contribution >= 0.6 is 0 Å². The largest absolute Gasteiger partial charge is 0.363 e. The fourth-order valence-corrected chi connectivity index (χ4v) is 2.97. The third-order valence-electron chi connectivity index (χ3n) is 4.24. The number of amides is 2. The molecule has 2 aliphatic rings. The molecular formula is C15H21N3O3. The van der Waals surface area contributed by atoms with Gasteiger partial charge in [-0.1, -0.05) is 24.4 Å². The topological polar surface area (TPSA) is 75.4 Å². The molecule has 1 N–H and O–H groups in total. The lowest BCUT2D eigenvalue weighted by Gasteiger charge is -2.28. The molecule has 0 radical (unpaired) electrons. The number of carbonyl (C=O) groups is 2. The van der Waals surface area contributed by atoms with Crippen molar-refractivity contribution in [3.05, 3.63) is 12.3 Å². The van der Waals surface area contributed by atoms with E-state index in [1.54, 1.807) is 11.0 Å². The summed E-state index contributed by atoms with van der Waals surface area (Å²) in [6.07, 6.45) is 8.83. The predicted molar refractivity (Wildman–Crippen MR) is 76.4 cm³/mol. The maximum atomic E-state index is 12.6. The minimum absolute atomic E-state index is 0.110. The molecule has 6 heteroatoms. The third-order valence-corrected chi connectivity index (χ3v) is 4.24. The predicted octanol–water partition coefficient (Wildman–Crippen LogP) is 2.18. The standard InChI is InChI=1S/C15H21N3O3/c19-14(16-13-8-9-21-17-13)10-18(12-6-7-12)15(20)11-4-2-1-3-5-11/h8-9,11-12H,1-7,10H2,(H,16,17,19). The van der Waals surface area contributed by atoms with Gasteiger partial charge in [-0.25, -0.2) is 0 Å². The lowest BCUT2D eigenvalue weighted by Crippen LogP contribution is -2.43. The molecule has 0 unspecified atom stereocenters. The minimum atomic E-state index is -0.208. The van der Waals surface area contributed by atoms with Crippen molar-refractivity contribution in [3.63, 3.8) is 0 Å². The Balaban J connectivity index is 1.58. The lowest BCUT2D eigenvalue weighted by molar-refractivity contribution is -0.139. The summed E-state index contributed by atoms with van der Waals surface area (Å²) in [7, 11) is 0. The Morgan fingerprint density at radius 2 is 2.00 bits per heavy atom. The molecule has 21 heavy (non-hydrogen) atoms.